The van der Waals surface area contributed by atoms with Crippen molar-refractivity contribution in [3.63, 3.8) is 0 Å². The van der Waals surface area contributed by atoms with Crippen LogP contribution in [0.4, 0.5) is 0 Å². The van der Waals surface area contributed by atoms with Crippen LogP contribution in [0.3, 0.4) is 0 Å². The summed E-state index contributed by atoms with van der Waals surface area (Å²) in [6, 6.07) is 13.7. The average Bonchev–Trinajstić information content (AvgIpc) is 2.77. The fourth-order valence-electron chi connectivity index (χ4n) is 2.40. The predicted octanol–water partition coefficient (Wildman–Crippen LogP) is 2.46. The first kappa shape index (κ1) is 11.7. The van der Waals surface area contributed by atoms with Crippen LogP contribution in [0.5, 0.6) is 0 Å². The van der Waals surface area contributed by atoms with E-state index in [0.717, 1.165) is 22.3 Å². The van der Waals surface area contributed by atoms with Crippen molar-refractivity contribution in [3.8, 4) is 0 Å². The minimum atomic E-state index is 0.0815. The number of aromatic nitrogens is 1. The Morgan fingerprint density at radius 1 is 1.00 bits per heavy atom. The van der Waals surface area contributed by atoms with Crippen LogP contribution in [0.2, 0.25) is 0 Å². The number of rotatable bonds is 2. The lowest BCUT2D eigenvalue weighted by molar-refractivity contribution is -0.122. The number of likely N-dealkylation sites (N-methyl/N-ethyl adjacent to an activating group) is 1. The highest BCUT2D eigenvalue weighted by Gasteiger charge is 2.29. The first-order valence-electron chi connectivity index (χ1n) is 6.22. The number of hydrogen-bond donors (Lipinski definition) is 0. The molecule has 1 aliphatic heterocycles. The van der Waals surface area contributed by atoms with Crippen molar-refractivity contribution in [1.29, 1.82) is 0 Å². The molecular weight excluding hydrogens is 236 g/mol. The first-order valence-corrected chi connectivity index (χ1v) is 6.22. The molecule has 19 heavy (non-hydrogen) atoms. The summed E-state index contributed by atoms with van der Waals surface area (Å²) in [5.41, 5.74) is 3.91. The second kappa shape index (κ2) is 4.69. The third-order valence-corrected chi connectivity index (χ3v) is 3.35. The lowest BCUT2D eigenvalue weighted by atomic mass is 9.97. The van der Waals surface area contributed by atoms with Gasteiger partial charge in [-0.1, -0.05) is 30.3 Å². The van der Waals surface area contributed by atoms with Gasteiger partial charge in [0.25, 0.3) is 5.91 Å². The predicted molar refractivity (Wildman–Crippen MR) is 75.1 cm³/mol. The molecule has 0 N–H and O–H groups in total. The highest BCUT2D eigenvalue weighted by atomic mass is 16.2. The maximum absolute atomic E-state index is 12.3. The first-order chi connectivity index (χ1) is 9.27. The Bertz CT molecular complexity index is 632. The van der Waals surface area contributed by atoms with Gasteiger partial charge in [0.1, 0.15) is 0 Å². The molecule has 0 aliphatic carbocycles. The fourth-order valence-corrected chi connectivity index (χ4v) is 2.40. The molecule has 94 valence electrons. The van der Waals surface area contributed by atoms with E-state index in [2.05, 4.69) is 4.98 Å². The van der Waals surface area contributed by atoms with E-state index in [-0.39, 0.29) is 5.91 Å². The monoisotopic (exact) mass is 250 g/mol. The molecule has 3 heteroatoms. The summed E-state index contributed by atoms with van der Waals surface area (Å²) in [7, 11) is 1.83. The Morgan fingerprint density at radius 3 is 2.37 bits per heavy atom. The van der Waals surface area contributed by atoms with E-state index in [1.54, 1.807) is 17.3 Å². The second-order valence-electron chi connectivity index (χ2n) is 4.62. The topological polar surface area (TPSA) is 33.2 Å². The van der Waals surface area contributed by atoms with Gasteiger partial charge in [-0.15, -0.1) is 0 Å². The zero-order valence-electron chi connectivity index (χ0n) is 10.7. The average molecular weight is 250 g/mol. The van der Waals surface area contributed by atoms with Gasteiger partial charge in [-0.2, -0.15) is 0 Å². The Morgan fingerprint density at radius 2 is 1.68 bits per heavy atom. The van der Waals surface area contributed by atoms with Gasteiger partial charge in [0.15, 0.2) is 0 Å². The molecule has 0 unspecified atom stereocenters. The molecule has 0 atom stereocenters. The van der Waals surface area contributed by atoms with Crippen LogP contribution in [0.25, 0.3) is 11.1 Å². The molecule has 3 nitrogen and oxygen atoms in total. The van der Waals surface area contributed by atoms with Gasteiger partial charge < -0.3 is 4.90 Å². The zero-order valence-corrected chi connectivity index (χ0v) is 10.7. The maximum atomic E-state index is 12.3. The van der Waals surface area contributed by atoms with Crippen molar-refractivity contribution in [2.24, 2.45) is 0 Å². The molecule has 1 aliphatic rings. The molecule has 3 rings (SSSR count). The molecule has 1 aromatic carbocycles. The Labute approximate surface area is 112 Å². The number of benzene rings is 1. The fraction of sp³-hybridized carbons (Fsp3) is 0.125. The number of amides is 1. The van der Waals surface area contributed by atoms with Crippen molar-refractivity contribution in [2.45, 2.75) is 0 Å². The van der Waals surface area contributed by atoms with Crippen molar-refractivity contribution in [2.75, 3.05) is 13.6 Å². The van der Waals surface area contributed by atoms with Gasteiger partial charge in [-0.05, 0) is 28.8 Å². The van der Waals surface area contributed by atoms with Crippen LogP contribution >= 0.6 is 0 Å². The molecule has 0 spiro atoms. The summed E-state index contributed by atoms with van der Waals surface area (Å²) in [5, 5.41) is 0. The Balaban J connectivity index is 2.17. The number of carbonyl (C=O) groups is 1. The van der Waals surface area contributed by atoms with Crippen molar-refractivity contribution in [1.82, 2.24) is 9.88 Å². The van der Waals surface area contributed by atoms with Gasteiger partial charge in [0.2, 0.25) is 0 Å². The van der Waals surface area contributed by atoms with E-state index < -0.39 is 0 Å². The van der Waals surface area contributed by atoms with Crippen LogP contribution in [0.1, 0.15) is 11.1 Å². The molecule has 0 saturated carbocycles. The highest BCUT2D eigenvalue weighted by molar-refractivity contribution is 6.30. The molecule has 0 saturated heterocycles. The molecule has 0 bridgehead atoms. The summed E-state index contributed by atoms with van der Waals surface area (Å²) in [6.07, 6.45) is 3.52. The molecule has 0 radical (unpaired) electrons. The highest BCUT2D eigenvalue weighted by Crippen LogP contribution is 2.33. The van der Waals surface area contributed by atoms with Crippen LogP contribution in [-0.4, -0.2) is 29.4 Å². The number of hydrogen-bond acceptors (Lipinski definition) is 2. The van der Waals surface area contributed by atoms with Crippen molar-refractivity contribution in [3.05, 3.63) is 66.0 Å². The lowest BCUT2D eigenvalue weighted by Gasteiger charge is -2.08. The van der Waals surface area contributed by atoms with Crippen LogP contribution < -0.4 is 0 Å². The summed E-state index contributed by atoms with van der Waals surface area (Å²) >= 11 is 0. The van der Waals surface area contributed by atoms with E-state index in [0.29, 0.717) is 6.54 Å². The van der Waals surface area contributed by atoms with Crippen LogP contribution in [0, 0.1) is 0 Å². The van der Waals surface area contributed by atoms with Crippen molar-refractivity contribution < 1.29 is 4.79 Å². The van der Waals surface area contributed by atoms with Gasteiger partial charge in [-0.3, -0.25) is 9.78 Å². The SMILES string of the molecule is CN1CC(c2ccncc2)=C(c2ccccc2)C1=O. The van der Waals surface area contributed by atoms with E-state index in [1.165, 1.54) is 0 Å². The third-order valence-electron chi connectivity index (χ3n) is 3.35. The number of carbonyl (C=O) groups excluding carboxylic acids is 1. The molecular formula is C16H14N2O. The molecule has 0 fully saturated rings. The molecule has 2 aromatic rings. The van der Waals surface area contributed by atoms with Crippen LogP contribution in [0.15, 0.2) is 54.9 Å². The van der Waals surface area contributed by atoms with E-state index in [1.807, 2.05) is 49.5 Å². The van der Waals surface area contributed by atoms with Crippen LogP contribution in [-0.2, 0) is 4.79 Å². The Hall–Kier alpha value is -2.42. The standard InChI is InChI=1S/C16H14N2O/c1-18-11-14(12-7-9-17-10-8-12)15(16(18)19)13-5-3-2-4-6-13/h2-10H,11H2,1H3. The van der Waals surface area contributed by atoms with E-state index >= 15 is 0 Å². The Kier molecular flexibility index (Phi) is 2.88. The lowest BCUT2D eigenvalue weighted by Crippen LogP contribution is -2.21. The van der Waals surface area contributed by atoms with Gasteiger partial charge in [0.05, 0.1) is 5.57 Å². The summed E-state index contributed by atoms with van der Waals surface area (Å²) < 4.78 is 0. The smallest absolute Gasteiger partial charge is 0.254 e. The molecule has 1 amide bonds. The maximum Gasteiger partial charge on any atom is 0.254 e. The number of pyridine rings is 1. The van der Waals surface area contributed by atoms with E-state index in [4.69, 9.17) is 0 Å². The minimum Gasteiger partial charge on any atom is -0.337 e. The van der Waals surface area contributed by atoms with Gasteiger partial charge >= 0.3 is 0 Å². The quantitative estimate of drug-likeness (QED) is 0.820. The third kappa shape index (κ3) is 2.03. The molecule has 2 heterocycles. The molecule has 1 aromatic heterocycles. The minimum absolute atomic E-state index is 0.0815. The van der Waals surface area contributed by atoms with Gasteiger partial charge in [0, 0.05) is 26.0 Å². The summed E-state index contributed by atoms with van der Waals surface area (Å²) in [4.78, 5) is 18.1. The number of nitrogens with zero attached hydrogens (tertiary/aromatic N) is 2. The van der Waals surface area contributed by atoms with Gasteiger partial charge in [-0.25, -0.2) is 0 Å². The largest absolute Gasteiger partial charge is 0.337 e. The van der Waals surface area contributed by atoms with Crippen molar-refractivity contribution >= 4 is 17.1 Å². The zero-order chi connectivity index (χ0) is 13.2. The second-order valence-corrected chi connectivity index (χ2v) is 4.62. The summed E-state index contributed by atoms with van der Waals surface area (Å²) in [5.74, 6) is 0.0815. The van der Waals surface area contributed by atoms with E-state index in [9.17, 15) is 4.79 Å². The normalized spacial score (nSPS) is 15.2. The summed E-state index contributed by atoms with van der Waals surface area (Å²) in [6.45, 7) is 0.646.